The second kappa shape index (κ2) is 17.5. The lowest BCUT2D eigenvalue weighted by molar-refractivity contribution is -0.127. The zero-order valence-corrected chi connectivity index (χ0v) is 33.5. The number of carbonyl (C=O) groups is 1. The van der Waals surface area contributed by atoms with Gasteiger partial charge < -0.3 is 19.5 Å². The number of amides is 1. The van der Waals surface area contributed by atoms with Gasteiger partial charge in [0.2, 0.25) is 5.91 Å². The first-order valence-corrected chi connectivity index (χ1v) is 20.0. The normalized spacial score (nSPS) is 15.9. The second-order valence-electron chi connectivity index (χ2n) is 14.3. The van der Waals surface area contributed by atoms with Crippen LogP contribution in [0.15, 0.2) is 121 Å². The van der Waals surface area contributed by atoms with E-state index >= 15 is 4.39 Å². The van der Waals surface area contributed by atoms with Gasteiger partial charge >= 0.3 is 0 Å². The van der Waals surface area contributed by atoms with E-state index in [1.54, 1.807) is 36.4 Å². The van der Waals surface area contributed by atoms with Gasteiger partial charge in [-0.3, -0.25) is 9.69 Å². The number of nitrogens with zero attached hydrogens (tertiary/aromatic N) is 2. The van der Waals surface area contributed by atoms with Crippen LogP contribution in [0.1, 0.15) is 45.0 Å². The molecule has 0 spiro atoms. The number of ether oxygens (including phenoxy) is 3. The Morgan fingerprint density at radius 3 is 2.28 bits per heavy atom. The highest BCUT2D eigenvalue weighted by atomic mass is 35.5. The molecule has 1 N–H and O–H groups in total. The van der Waals surface area contributed by atoms with E-state index in [1.807, 2.05) is 83.8 Å². The zero-order chi connectivity index (χ0) is 40.2. The summed E-state index contributed by atoms with van der Waals surface area (Å²) in [5.74, 6) is 1.35. The van der Waals surface area contributed by atoms with Gasteiger partial charge in [-0.25, -0.2) is 4.39 Å². The van der Waals surface area contributed by atoms with E-state index in [9.17, 15) is 4.79 Å². The summed E-state index contributed by atoms with van der Waals surface area (Å²) >= 11 is 18.7. The summed E-state index contributed by atoms with van der Waals surface area (Å²) in [7, 11) is 0. The fraction of sp³-hybridized carbons (Fsp3) is 0.191. The quantitative estimate of drug-likeness (QED) is 0.140. The third-order valence-electron chi connectivity index (χ3n) is 10.5. The molecule has 8 rings (SSSR count). The predicted octanol–water partition coefficient (Wildman–Crippen LogP) is 10.7. The van der Waals surface area contributed by atoms with E-state index in [1.165, 1.54) is 6.07 Å². The van der Waals surface area contributed by atoms with Gasteiger partial charge in [-0.1, -0.05) is 95.5 Å². The number of hydrogen-bond acceptors (Lipinski definition) is 6. The number of nitrogens with one attached hydrogen (secondary N) is 1. The van der Waals surface area contributed by atoms with Gasteiger partial charge in [-0.2, -0.15) is 5.26 Å². The van der Waals surface area contributed by atoms with Crippen LogP contribution in [0.25, 0.3) is 11.1 Å². The van der Waals surface area contributed by atoms with Crippen molar-refractivity contribution in [1.29, 1.82) is 5.26 Å². The maximum absolute atomic E-state index is 15.1. The molecule has 2 heterocycles. The summed E-state index contributed by atoms with van der Waals surface area (Å²) in [6.07, 6.45) is 0.684. The first-order chi connectivity index (χ1) is 28.2. The Hall–Kier alpha value is -5.56. The molecule has 6 aromatic rings. The average Bonchev–Trinajstić information content (AvgIpc) is 3.24. The molecule has 0 radical (unpaired) electrons. The Labute approximate surface area is 351 Å². The Morgan fingerprint density at radius 2 is 1.55 bits per heavy atom. The summed E-state index contributed by atoms with van der Waals surface area (Å²) in [6, 6.07) is 38.9. The monoisotopic (exact) mass is 831 g/mol. The van der Waals surface area contributed by atoms with Crippen LogP contribution in [0.4, 0.5) is 4.39 Å². The Morgan fingerprint density at radius 1 is 0.828 bits per heavy atom. The van der Waals surface area contributed by atoms with Crippen molar-refractivity contribution in [2.24, 2.45) is 0 Å². The summed E-state index contributed by atoms with van der Waals surface area (Å²) < 4.78 is 33.8. The van der Waals surface area contributed by atoms with E-state index in [-0.39, 0.29) is 18.6 Å². The molecule has 0 aliphatic carbocycles. The smallest absolute Gasteiger partial charge is 0.237 e. The average molecular weight is 833 g/mol. The molecule has 2 unspecified atom stereocenters. The first kappa shape index (κ1) is 39.3. The summed E-state index contributed by atoms with van der Waals surface area (Å²) in [6.45, 7) is 1.61. The van der Waals surface area contributed by atoms with Crippen LogP contribution in [-0.2, 0) is 37.3 Å². The fourth-order valence-corrected chi connectivity index (χ4v) is 7.85. The SMILES string of the molecule is N#Cc1ccc(-c2ccc(CCNC(=O)C3Cc4cc5c(cc4CN3Cc3c(F)cccc3Cl)OC(c3ccc(OCc4ccc(Cl)c(Cl)c4)cc3)CO5)cc2)cc1. The lowest BCUT2D eigenvalue weighted by Gasteiger charge is -2.37. The molecule has 2 atom stereocenters. The van der Waals surface area contributed by atoms with Gasteiger partial charge in [0.05, 0.1) is 27.7 Å². The molecule has 6 aromatic carbocycles. The summed E-state index contributed by atoms with van der Waals surface area (Å²) in [5.41, 5.74) is 7.89. The molecule has 11 heteroatoms. The number of carbonyl (C=O) groups excluding carboxylic acids is 1. The molecule has 58 heavy (non-hydrogen) atoms. The number of hydrogen-bond donors (Lipinski definition) is 1. The van der Waals surface area contributed by atoms with Crippen molar-refractivity contribution < 1.29 is 23.4 Å². The lowest BCUT2D eigenvalue weighted by Crippen LogP contribution is -2.50. The van der Waals surface area contributed by atoms with E-state index in [0.717, 1.165) is 38.9 Å². The van der Waals surface area contributed by atoms with Crippen molar-refractivity contribution in [2.45, 2.75) is 44.7 Å². The number of halogens is 4. The largest absolute Gasteiger partial charge is 0.489 e. The summed E-state index contributed by atoms with van der Waals surface area (Å²) in [5, 5.41) is 13.5. The fourth-order valence-electron chi connectivity index (χ4n) is 7.30. The molecular formula is C47H37Cl3FN3O4. The highest BCUT2D eigenvalue weighted by Crippen LogP contribution is 2.41. The third-order valence-corrected chi connectivity index (χ3v) is 11.6. The van der Waals surface area contributed by atoms with Gasteiger partial charge in [0.15, 0.2) is 17.6 Å². The van der Waals surface area contributed by atoms with Crippen LogP contribution >= 0.6 is 34.8 Å². The highest BCUT2D eigenvalue weighted by molar-refractivity contribution is 6.42. The van der Waals surface area contributed by atoms with Crippen molar-refractivity contribution in [3.63, 3.8) is 0 Å². The molecule has 7 nitrogen and oxygen atoms in total. The van der Waals surface area contributed by atoms with E-state index in [0.29, 0.717) is 82.6 Å². The Kier molecular flexibility index (Phi) is 11.9. The van der Waals surface area contributed by atoms with Crippen molar-refractivity contribution in [3.8, 4) is 34.4 Å². The molecule has 2 aliphatic heterocycles. The molecule has 0 fully saturated rings. The van der Waals surface area contributed by atoms with Crippen LogP contribution in [0.3, 0.4) is 0 Å². The topological polar surface area (TPSA) is 83.8 Å². The maximum atomic E-state index is 15.1. The van der Waals surface area contributed by atoms with Crippen LogP contribution in [0, 0.1) is 17.1 Å². The molecule has 0 bridgehead atoms. The second-order valence-corrected chi connectivity index (χ2v) is 15.6. The third kappa shape index (κ3) is 8.94. The van der Waals surface area contributed by atoms with Crippen LogP contribution in [0.2, 0.25) is 15.1 Å². The minimum absolute atomic E-state index is 0.147. The van der Waals surface area contributed by atoms with Crippen molar-refractivity contribution in [3.05, 3.63) is 181 Å². The van der Waals surface area contributed by atoms with Gasteiger partial charge in [-0.05, 0) is 112 Å². The standard InChI is InChI=1S/C47H37Cl3FN3O4/c48-39-2-1-3-42(51)38(39)26-54-25-36-23-45-44(57-28-46(58-45)34-13-15-37(16-14-34)56-27-31-8-17-40(49)41(50)20-31)22-35(36)21-43(54)47(55)53-19-18-29-4-9-32(10-5-29)33-11-6-30(24-52)7-12-33/h1-17,20,22-23,43,46H,18-19,21,25-28H2,(H,53,55). The molecule has 292 valence electrons. The molecule has 2 aliphatic rings. The highest BCUT2D eigenvalue weighted by Gasteiger charge is 2.34. The minimum Gasteiger partial charge on any atom is -0.489 e. The van der Waals surface area contributed by atoms with Gasteiger partial charge in [0, 0.05) is 30.2 Å². The number of benzene rings is 6. The van der Waals surface area contributed by atoms with Crippen LogP contribution < -0.4 is 19.5 Å². The minimum atomic E-state index is -0.574. The van der Waals surface area contributed by atoms with E-state index < -0.39 is 11.9 Å². The number of rotatable bonds is 11. The van der Waals surface area contributed by atoms with E-state index in [2.05, 4.69) is 11.4 Å². The van der Waals surface area contributed by atoms with Crippen LogP contribution in [0.5, 0.6) is 17.2 Å². The summed E-state index contributed by atoms with van der Waals surface area (Å²) in [4.78, 5) is 15.9. The molecule has 0 saturated carbocycles. The van der Waals surface area contributed by atoms with Crippen molar-refractivity contribution >= 4 is 40.7 Å². The lowest BCUT2D eigenvalue weighted by atomic mass is 9.92. The predicted molar refractivity (Wildman–Crippen MR) is 224 cm³/mol. The molecule has 0 saturated heterocycles. The van der Waals surface area contributed by atoms with E-state index in [4.69, 9.17) is 54.3 Å². The number of fused-ring (bicyclic) bond motifs is 2. The zero-order valence-electron chi connectivity index (χ0n) is 31.2. The maximum Gasteiger partial charge on any atom is 0.237 e. The van der Waals surface area contributed by atoms with Crippen LogP contribution in [-0.4, -0.2) is 30.0 Å². The van der Waals surface area contributed by atoms with Gasteiger partial charge in [0.1, 0.15) is 24.8 Å². The Balaban J connectivity index is 0.940. The Bertz CT molecular complexity index is 2470. The first-order valence-electron chi connectivity index (χ1n) is 18.9. The van der Waals surface area contributed by atoms with Crippen molar-refractivity contribution in [2.75, 3.05) is 13.2 Å². The van der Waals surface area contributed by atoms with Crippen molar-refractivity contribution in [1.82, 2.24) is 10.2 Å². The molecule has 0 aromatic heterocycles. The number of nitriles is 1. The molecular weight excluding hydrogens is 796 g/mol. The molecule has 1 amide bonds. The van der Waals surface area contributed by atoms with Gasteiger partial charge in [-0.15, -0.1) is 0 Å². The van der Waals surface area contributed by atoms with Gasteiger partial charge in [0.25, 0.3) is 0 Å².